The smallest absolute Gasteiger partial charge is 0.116 e. The standard InChI is InChI=1S/C8H4BrN2/c9-7-1-2-8-6(3-7)4-10-5-11-8/h1-3,5H. The minimum atomic E-state index is 0.920. The van der Waals surface area contributed by atoms with Gasteiger partial charge in [-0.15, -0.1) is 0 Å². The van der Waals surface area contributed by atoms with Crippen LogP contribution < -0.4 is 0 Å². The molecule has 0 spiro atoms. The zero-order valence-corrected chi connectivity index (χ0v) is 7.17. The topological polar surface area (TPSA) is 25.8 Å². The largest absolute Gasteiger partial charge is 0.236 e. The Hall–Kier alpha value is -0.960. The highest BCUT2D eigenvalue weighted by atomic mass is 79.9. The molecule has 1 aromatic carbocycles. The third-order valence-corrected chi connectivity index (χ3v) is 1.89. The van der Waals surface area contributed by atoms with Crippen LogP contribution in [0.25, 0.3) is 10.9 Å². The van der Waals surface area contributed by atoms with Gasteiger partial charge < -0.3 is 0 Å². The van der Waals surface area contributed by atoms with Crippen molar-refractivity contribution in [2.45, 2.75) is 0 Å². The summed E-state index contributed by atoms with van der Waals surface area (Å²) in [5.41, 5.74) is 0.920. The van der Waals surface area contributed by atoms with Crippen molar-refractivity contribution in [2.75, 3.05) is 0 Å². The van der Waals surface area contributed by atoms with Crippen LogP contribution in [0.2, 0.25) is 0 Å². The van der Waals surface area contributed by atoms with Gasteiger partial charge in [0.15, 0.2) is 0 Å². The van der Waals surface area contributed by atoms with Crippen LogP contribution in [-0.2, 0) is 0 Å². The molecule has 0 bridgehead atoms. The van der Waals surface area contributed by atoms with Crippen molar-refractivity contribution in [2.24, 2.45) is 0 Å². The van der Waals surface area contributed by atoms with E-state index in [2.05, 4.69) is 32.1 Å². The summed E-state index contributed by atoms with van der Waals surface area (Å²) in [6.07, 6.45) is 4.35. The Kier molecular flexibility index (Phi) is 1.58. The lowest BCUT2D eigenvalue weighted by Crippen LogP contribution is -1.79. The average Bonchev–Trinajstić information content (AvgIpc) is 2.04. The molecule has 11 heavy (non-hydrogen) atoms. The van der Waals surface area contributed by atoms with Crippen molar-refractivity contribution < 1.29 is 0 Å². The molecule has 0 aliphatic rings. The summed E-state index contributed by atoms with van der Waals surface area (Å²) >= 11 is 3.36. The maximum atomic E-state index is 4.06. The van der Waals surface area contributed by atoms with Crippen LogP contribution in [-0.4, -0.2) is 9.97 Å². The van der Waals surface area contributed by atoms with Crippen molar-refractivity contribution in [3.63, 3.8) is 0 Å². The second kappa shape index (κ2) is 2.58. The fourth-order valence-corrected chi connectivity index (χ4v) is 1.26. The number of rotatable bonds is 0. The van der Waals surface area contributed by atoms with Crippen LogP contribution in [0.5, 0.6) is 0 Å². The molecule has 0 fully saturated rings. The summed E-state index contributed by atoms with van der Waals surface area (Å²) in [6, 6.07) is 5.82. The van der Waals surface area contributed by atoms with Crippen molar-refractivity contribution in [3.8, 4) is 0 Å². The van der Waals surface area contributed by atoms with E-state index < -0.39 is 0 Å². The first-order valence-electron chi connectivity index (χ1n) is 3.14. The lowest BCUT2D eigenvalue weighted by Gasteiger charge is -1.93. The van der Waals surface area contributed by atoms with Gasteiger partial charge in [0.1, 0.15) is 12.5 Å². The summed E-state index contributed by atoms with van der Waals surface area (Å²) in [5, 5.41) is 0.932. The molecule has 0 saturated carbocycles. The Bertz CT molecular complexity index is 387. The minimum absolute atomic E-state index is 0.920. The number of hydrogen-bond acceptors (Lipinski definition) is 2. The molecule has 0 aliphatic heterocycles. The number of benzene rings is 1. The van der Waals surface area contributed by atoms with E-state index in [-0.39, 0.29) is 0 Å². The van der Waals surface area contributed by atoms with Crippen molar-refractivity contribution in [1.29, 1.82) is 0 Å². The first-order chi connectivity index (χ1) is 5.36. The fraction of sp³-hybridized carbons (Fsp3) is 0. The Balaban J connectivity index is 2.83. The molecule has 0 saturated heterocycles. The van der Waals surface area contributed by atoms with Gasteiger partial charge in [0, 0.05) is 9.86 Å². The summed E-state index contributed by atoms with van der Waals surface area (Å²) in [4.78, 5) is 7.86. The molecule has 0 amide bonds. The van der Waals surface area contributed by atoms with Gasteiger partial charge in [0.2, 0.25) is 0 Å². The highest BCUT2D eigenvalue weighted by Crippen LogP contribution is 2.15. The molecule has 1 heterocycles. The first-order valence-corrected chi connectivity index (χ1v) is 3.93. The predicted octanol–water partition coefficient (Wildman–Crippen LogP) is 2.19. The van der Waals surface area contributed by atoms with Gasteiger partial charge in [-0.3, -0.25) is 0 Å². The van der Waals surface area contributed by atoms with Gasteiger partial charge >= 0.3 is 0 Å². The van der Waals surface area contributed by atoms with Crippen molar-refractivity contribution in [3.05, 3.63) is 35.2 Å². The zero-order chi connectivity index (χ0) is 7.68. The van der Waals surface area contributed by atoms with E-state index in [0.717, 1.165) is 15.4 Å². The molecule has 0 unspecified atom stereocenters. The first kappa shape index (κ1) is 6.73. The lowest BCUT2D eigenvalue weighted by atomic mass is 10.2. The van der Waals surface area contributed by atoms with E-state index in [1.54, 1.807) is 0 Å². The molecular weight excluding hydrogens is 204 g/mol. The average molecular weight is 208 g/mol. The SMILES string of the molecule is Brc1ccc2ncn[c]c2c1. The second-order valence-corrected chi connectivity index (χ2v) is 3.06. The number of halogens is 1. The molecule has 2 nitrogen and oxygen atoms in total. The van der Waals surface area contributed by atoms with Gasteiger partial charge in [0.05, 0.1) is 5.52 Å². The zero-order valence-electron chi connectivity index (χ0n) is 5.58. The van der Waals surface area contributed by atoms with Crippen molar-refractivity contribution >= 4 is 26.8 Å². The second-order valence-electron chi connectivity index (χ2n) is 2.15. The normalized spacial score (nSPS) is 10.3. The molecule has 2 rings (SSSR count). The number of hydrogen-bond donors (Lipinski definition) is 0. The number of aromatic nitrogens is 2. The highest BCUT2D eigenvalue weighted by Gasteiger charge is 1.93. The molecule has 1 radical (unpaired) electrons. The minimum Gasteiger partial charge on any atom is -0.236 e. The lowest BCUT2D eigenvalue weighted by molar-refractivity contribution is 1.21. The van der Waals surface area contributed by atoms with Gasteiger partial charge in [-0.25, -0.2) is 9.97 Å². The van der Waals surface area contributed by atoms with Crippen LogP contribution in [0.1, 0.15) is 0 Å². The van der Waals surface area contributed by atoms with Crippen LogP contribution in [0.4, 0.5) is 0 Å². The number of fused-ring (bicyclic) bond motifs is 1. The fourth-order valence-electron chi connectivity index (χ4n) is 0.900. The summed E-state index contributed by atoms with van der Waals surface area (Å²) in [6.45, 7) is 0. The van der Waals surface area contributed by atoms with Gasteiger partial charge in [0.25, 0.3) is 0 Å². The van der Waals surface area contributed by atoms with E-state index in [0.29, 0.717) is 0 Å². The molecule has 0 aliphatic carbocycles. The Labute approximate surface area is 72.4 Å². The highest BCUT2D eigenvalue weighted by molar-refractivity contribution is 9.10. The third-order valence-electron chi connectivity index (χ3n) is 1.40. The van der Waals surface area contributed by atoms with E-state index >= 15 is 0 Å². The summed E-state index contributed by atoms with van der Waals surface area (Å²) < 4.78 is 1.02. The van der Waals surface area contributed by atoms with E-state index in [1.807, 2.05) is 18.2 Å². The van der Waals surface area contributed by atoms with Crippen LogP contribution >= 0.6 is 15.9 Å². The molecule has 0 atom stereocenters. The van der Waals surface area contributed by atoms with Gasteiger partial charge in [-0.05, 0) is 18.2 Å². The Morgan fingerprint density at radius 1 is 1.36 bits per heavy atom. The predicted molar refractivity (Wildman–Crippen MR) is 46.1 cm³/mol. The summed E-state index contributed by atoms with van der Waals surface area (Å²) in [7, 11) is 0. The maximum Gasteiger partial charge on any atom is 0.116 e. The summed E-state index contributed by atoms with van der Waals surface area (Å²) in [5.74, 6) is 0. The van der Waals surface area contributed by atoms with Crippen molar-refractivity contribution in [1.82, 2.24) is 9.97 Å². The molecule has 1 aromatic heterocycles. The Morgan fingerprint density at radius 2 is 2.27 bits per heavy atom. The third kappa shape index (κ3) is 1.24. The molecule has 0 N–H and O–H groups in total. The maximum absolute atomic E-state index is 4.06. The Morgan fingerprint density at radius 3 is 3.18 bits per heavy atom. The van der Waals surface area contributed by atoms with Crippen LogP contribution in [0, 0.1) is 6.20 Å². The monoisotopic (exact) mass is 207 g/mol. The molecular formula is C8H4BrN2. The van der Waals surface area contributed by atoms with E-state index in [1.165, 1.54) is 6.33 Å². The van der Waals surface area contributed by atoms with Gasteiger partial charge in [-0.1, -0.05) is 15.9 Å². The quantitative estimate of drug-likeness (QED) is 0.663. The molecule has 2 aromatic rings. The van der Waals surface area contributed by atoms with E-state index in [9.17, 15) is 0 Å². The molecule has 53 valence electrons. The molecule has 3 heteroatoms. The van der Waals surface area contributed by atoms with Crippen LogP contribution in [0.3, 0.4) is 0 Å². The van der Waals surface area contributed by atoms with Crippen LogP contribution in [0.15, 0.2) is 29.0 Å². The van der Waals surface area contributed by atoms with E-state index in [4.69, 9.17) is 0 Å². The number of nitrogens with zero attached hydrogens (tertiary/aromatic N) is 2. The van der Waals surface area contributed by atoms with Gasteiger partial charge in [-0.2, -0.15) is 0 Å².